The molecular formula is C25H22O4. The van der Waals surface area contributed by atoms with Crippen molar-refractivity contribution >= 4 is 11.0 Å². The van der Waals surface area contributed by atoms with Crippen molar-refractivity contribution in [2.24, 2.45) is 0 Å². The van der Waals surface area contributed by atoms with Gasteiger partial charge in [-0.2, -0.15) is 0 Å². The molecule has 4 heteroatoms. The van der Waals surface area contributed by atoms with Crippen molar-refractivity contribution in [3.05, 3.63) is 105 Å². The van der Waals surface area contributed by atoms with Crippen molar-refractivity contribution in [1.29, 1.82) is 0 Å². The standard InChI is InChI=1S/C25H22O4/c1-16-4-6-18(7-5-16)25(19-8-10-20(27-3)11-9-19)28-21-12-13-23-22(15-21)17(2)14-24(26)29-23/h4-15,25H,1-3H3. The molecule has 1 heterocycles. The molecular weight excluding hydrogens is 364 g/mol. The van der Waals surface area contributed by atoms with Crippen molar-refractivity contribution in [3.63, 3.8) is 0 Å². The number of hydrogen-bond donors (Lipinski definition) is 0. The highest BCUT2D eigenvalue weighted by atomic mass is 16.5. The SMILES string of the molecule is COc1ccc(C(Oc2ccc3oc(=O)cc(C)c3c2)c2ccc(C)cc2)cc1. The average molecular weight is 386 g/mol. The molecule has 0 aliphatic rings. The lowest BCUT2D eigenvalue weighted by atomic mass is 10.00. The van der Waals surface area contributed by atoms with Crippen LogP contribution < -0.4 is 15.1 Å². The van der Waals surface area contributed by atoms with Crippen LogP contribution in [0.3, 0.4) is 0 Å². The lowest BCUT2D eigenvalue weighted by molar-refractivity contribution is 0.247. The quantitative estimate of drug-likeness (QED) is 0.420. The van der Waals surface area contributed by atoms with Gasteiger partial charge < -0.3 is 13.9 Å². The Kier molecular flexibility index (Phi) is 5.09. The second kappa shape index (κ2) is 7.84. The fourth-order valence-electron chi connectivity index (χ4n) is 3.36. The summed E-state index contributed by atoms with van der Waals surface area (Å²) in [6.07, 6.45) is -0.282. The zero-order valence-corrected chi connectivity index (χ0v) is 16.6. The molecule has 0 aliphatic carbocycles. The normalized spacial score (nSPS) is 12.0. The number of rotatable bonds is 5. The number of fused-ring (bicyclic) bond motifs is 1. The molecule has 0 radical (unpaired) electrons. The van der Waals surface area contributed by atoms with E-state index in [-0.39, 0.29) is 11.7 Å². The Hall–Kier alpha value is -3.53. The molecule has 3 aromatic carbocycles. The molecule has 1 aromatic heterocycles. The minimum atomic E-state index is -0.348. The summed E-state index contributed by atoms with van der Waals surface area (Å²) in [6, 6.07) is 23.2. The van der Waals surface area contributed by atoms with Crippen molar-refractivity contribution < 1.29 is 13.9 Å². The maximum Gasteiger partial charge on any atom is 0.336 e. The van der Waals surface area contributed by atoms with E-state index in [1.54, 1.807) is 13.2 Å². The van der Waals surface area contributed by atoms with Gasteiger partial charge in [0, 0.05) is 11.5 Å². The van der Waals surface area contributed by atoms with E-state index >= 15 is 0 Å². The summed E-state index contributed by atoms with van der Waals surface area (Å²) in [6.45, 7) is 3.96. The molecule has 0 N–H and O–H groups in total. The Morgan fingerprint density at radius 1 is 0.793 bits per heavy atom. The zero-order valence-electron chi connectivity index (χ0n) is 16.6. The molecule has 0 saturated heterocycles. The van der Waals surface area contributed by atoms with Crippen LogP contribution in [0.1, 0.15) is 28.4 Å². The van der Waals surface area contributed by atoms with Gasteiger partial charge in [0.05, 0.1) is 7.11 Å². The highest BCUT2D eigenvalue weighted by Gasteiger charge is 2.17. The molecule has 1 atom stereocenters. The number of aryl methyl sites for hydroxylation is 2. The van der Waals surface area contributed by atoms with Gasteiger partial charge in [0.2, 0.25) is 0 Å². The first-order chi connectivity index (χ1) is 14.0. The monoisotopic (exact) mass is 386 g/mol. The third kappa shape index (κ3) is 4.02. The van der Waals surface area contributed by atoms with Crippen LogP contribution in [-0.2, 0) is 0 Å². The molecule has 4 nitrogen and oxygen atoms in total. The van der Waals surface area contributed by atoms with Crippen LogP contribution in [0.25, 0.3) is 11.0 Å². The van der Waals surface area contributed by atoms with E-state index in [9.17, 15) is 4.79 Å². The highest BCUT2D eigenvalue weighted by molar-refractivity contribution is 5.81. The van der Waals surface area contributed by atoms with Gasteiger partial charge in [0.25, 0.3) is 0 Å². The lowest BCUT2D eigenvalue weighted by Crippen LogP contribution is -2.09. The van der Waals surface area contributed by atoms with Gasteiger partial charge in [-0.25, -0.2) is 4.79 Å². The highest BCUT2D eigenvalue weighted by Crippen LogP contribution is 2.32. The van der Waals surface area contributed by atoms with Gasteiger partial charge in [-0.05, 0) is 60.9 Å². The van der Waals surface area contributed by atoms with Crippen LogP contribution in [0.2, 0.25) is 0 Å². The molecule has 4 aromatic rings. The van der Waals surface area contributed by atoms with E-state index in [0.29, 0.717) is 11.3 Å². The Balaban J connectivity index is 1.75. The van der Waals surface area contributed by atoms with Crippen LogP contribution in [0.4, 0.5) is 0 Å². The van der Waals surface area contributed by atoms with E-state index in [2.05, 4.69) is 31.2 Å². The molecule has 0 aliphatic heterocycles. The van der Waals surface area contributed by atoms with Gasteiger partial charge in [-0.3, -0.25) is 0 Å². The molecule has 146 valence electrons. The maximum absolute atomic E-state index is 11.6. The summed E-state index contributed by atoms with van der Waals surface area (Å²) < 4.78 is 17.0. The molecule has 0 saturated carbocycles. The lowest BCUT2D eigenvalue weighted by Gasteiger charge is -2.21. The van der Waals surface area contributed by atoms with Gasteiger partial charge in [-0.15, -0.1) is 0 Å². The summed E-state index contributed by atoms with van der Waals surface area (Å²) in [5.41, 5.74) is 4.33. The number of methoxy groups -OCH3 is 1. The third-order valence-electron chi connectivity index (χ3n) is 4.97. The van der Waals surface area contributed by atoms with Crippen LogP contribution in [-0.4, -0.2) is 7.11 Å². The Labute approximate surface area is 169 Å². The van der Waals surface area contributed by atoms with Crippen molar-refractivity contribution in [2.45, 2.75) is 20.0 Å². The van der Waals surface area contributed by atoms with E-state index in [1.165, 1.54) is 11.6 Å². The molecule has 29 heavy (non-hydrogen) atoms. The van der Waals surface area contributed by atoms with E-state index in [4.69, 9.17) is 13.9 Å². The van der Waals surface area contributed by atoms with E-state index in [1.807, 2.05) is 43.3 Å². The van der Waals surface area contributed by atoms with Crippen LogP contribution >= 0.6 is 0 Å². The van der Waals surface area contributed by atoms with Crippen LogP contribution in [0.15, 0.2) is 82.0 Å². The predicted octanol–water partition coefficient (Wildman–Crippen LogP) is 5.59. The van der Waals surface area contributed by atoms with Crippen LogP contribution in [0.5, 0.6) is 11.5 Å². The first kappa shape index (κ1) is 18.8. The number of hydrogen-bond acceptors (Lipinski definition) is 4. The second-order valence-electron chi connectivity index (χ2n) is 7.09. The summed E-state index contributed by atoms with van der Waals surface area (Å²) >= 11 is 0. The smallest absolute Gasteiger partial charge is 0.336 e. The Morgan fingerprint density at radius 2 is 1.41 bits per heavy atom. The predicted molar refractivity (Wildman–Crippen MR) is 114 cm³/mol. The Morgan fingerprint density at radius 3 is 2.07 bits per heavy atom. The number of benzene rings is 3. The topological polar surface area (TPSA) is 48.7 Å². The zero-order chi connectivity index (χ0) is 20.4. The average Bonchev–Trinajstić information content (AvgIpc) is 2.73. The molecule has 4 rings (SSSR count). The Bertz CT molecular complexity index is 1190. The van der Waals surface area contributed by atoms with Crippen molar-refractivity contribution in [2.75, 3.05) is 7.11 Å². The molecule has 0 bridgehead atoms. The fourth-order valence-corrected chi connectivity index (χ4v) is 3.36. The largest absolute Gasteiger partial charge is 0.497 e. The summed E-state index contributed by atoms with van der Waals surface area (Å²) in [4.78, 5) is 11.6. The van der Waals surface area contributed by atoms with E-state index in [0.717, 1.165) is 27.8 Å². The van der Waals surface area contributed by atoms with Crippen LogP contribution in [0, 0.1) is 13.8 Å². The molecule has 0 spiro atoms. The molecule has 0 amide bonds. The van der Waals surface area contributed by atoms with Gasteiger partial charge in [-0.1, -0.05) is 42.0 Å². The fraction of sp³-hybridized carbons (Fsp3) is 0.160. The first-order valence-electron chi connectivity index (χ1n) is 9.45. The van der Waals surface area contributed by atoms with Crippen molar-refractivity contribution in [3.8, 4) is 11.5 Å². The second-order valence-corrected chi connectivity index (χ2v) is 7.09. The summed E-state index contributed by atoms with van der Waals surface area (Å²) in [5.74, 6) is 1.50. The minimum absolute atomic E-state index is 0.282. The van der Waals surface area contributed by atoms with Gasteiger partial charge in [0.1, 0.15) is 23.2 Å². The minimum Gasteiger partial charge on any atom is -0.497 e. The van der Waals surface area contributed by atoms with E-state index < -0.39 is 0 Å². The molecule has 0 fully saturated rings. The maximum atomic E-state index is 11.6. The van der Waals surface area contributed by atoms with Crippen molar-refractivity contribution in [1.82, 2.24) is 0 Å². The number of ether oxygens (including phenoxy) is 2. The summed E-state index contributed by atoms with van der Waals surface area (Å²) in [7, 11) is 1.65. The first-order valence-corrected chi connectivity index (χ1v) is 9.45. The van der Waals surface area contributed by atoms with Gasteiger partial charge in [0.15, 0.2) is 0 Å². The summed E-state index contributed by atoms with van der Waals surface area (Å²) in [5, 5.41) is 0.861. The molecule has 1 unspecified atom stereocenters. The van der Waals surface area contributed by atoms with Gasteiger partial charge >= 0.3 is 5.63 Å². The third-order valence-corrected chi connectivity index (χ3v) is 4.97.